The number of ketones is 1. The Morgan fingerprint density at radius 1 is 0.971 bits per heavy atom. The predicted octanol–water partition coefficient (Wildman–Crippen LogP) is 3.65. The molecule has 1 N–H and O–H groups in total. The van der Waals surface area contributed by atoms with Crippen LogP contribution in [0.5, 0.6) is 17.2 Å². The summed E-state index contributed by atoms with van der Waals surface area (Å²) in [7, 11) is -3.99. The van der Waals surface area contributed by atoms with E-state index in [0.29, 0.717) is 29.4 Å². The van der Waals surface area contributed by atoms with E-state index < -0.39 is 28.4 Å². The molecule has 34 heavy (non-hydrogen) atoms. The quantitative estimate of drug-likeness (QED) is 0.362. The number of anilines is 1. The molecule has 10 heteroatoms. The van der Waals surface area contributed by atoms with E-state index in [1.54, 1.807) is 36.4 Å². The molecule has 0 aromatic heterocycles. The molecule has 0 radical (unpaired) electrons. The number of carbonyl (C=O) groups is 2. The number of Topliss-reactive ketones (excluding diaryl/α,β-unsaturated/α-hetero) is 1. The van der Waals surface area contributed by atoms with Crippen molar-refractivity contribution >= 4 is 27.5 Å². The lowest BCUT2D eigenvalue weighted by atomic mass is 10.1. The van der Waals surface area contributed by atoms with Gasteiger partial charge in [0.05, 0.1) is 22.8 Å². The topological polar surface area (TPSA) is 117 Å². The lowest BCUT2D eigenvalue weighted by molar-refractivity contribution is 0.0476. The van der Waals surface area contributed by atoms with E-state index >= 15 is 0 Å². The highest BCUT2D eigenvalue weighted by Gasteiger charge is 2.21. The summed E-state index contributed by atoms with van der Waals surface area (Å²) in [5.41, 5.74) is 0.286. The maximum atomic E-state index is 12.8. The number of para-hydroxylation sites is 1. The van der Waals surface area contributed by atoms with E-state index in [1.807, 2.05) is 6.92 Å². The van der Waals surface area contributed by atoms with Crippen LogP contribution in [0.4, 0.5) is 5.69 Å². The van der Waals surface area contributed by atoms with Gasteiger partial charge in [-0.3, -0.25) is 9.52 Å². The minimum absolute atomic E-state index is 0.00268. The molecule has 0 atom stereocenters. The van der Waals surface area contributed by atoms with Crippen LogP contribution >= 0.6 is 0 Å². The van der Waals surface area contributed by atoms with Crippen molar-refractivity contribution in [3.8, 4) is 17.2 Å². The zero-order valence-electron chi connectivity index (χ0n) is 18.1. The summed E-state index contributed by atoms with van der Waals surface area (Å²) < 4.78 is 49.0. The van der Waals surface area contributed by atoms with Crippen LogP contribution in [0.3, 0.4) is 0 Å². The zero-order valence-corrected chi connectivity index (χ0v) is 19.0. The van der Waals surface area contributed by atoms with Gasteiger partial charge in [0, 0.05) is 5.56 Å². The Balaban J connectivity index is 1.45. The first-order valence-electron chi connectivity index (χ1n) is 10.3. The second-order valence-electron chi connectivity index (χ2n) is 7.12. The fourth-order valence-electron chi connectivity index (χ4n) is 3.20. The van der Waals surface area contributed by atoms with E-state index in [4.69, 9.17) is 18.9 Å². The number of rotatable bonds is 9. The first-order chi connectivity index (χ1) is 16.4. The first kappa shape index (κ1) is 23.1. The molecule has 0 aliphatic carbocycles. The van der Waals surface area contributed by atoms with Gasteiger partial charge >= 0.3 is 5.97 Å². The van der Waals surface area contributed by atoms with Crippen molar-refractivity contribution in [1.82, 2.24) is 0 Å². The van der Waals surface area contributed by atoms with Crippen LogP contribution in [0.2, 0.25) is 0 Å². The lowest BCUT2D eigenvalue weighted by Gasteiger charge is -2.13. The Hall–Kier alpha value is -4.05. The Kier molecular flexibility index (Phi) is 6.69. The highest BCUT2D eigenvalue weighted by Crippen LogP contribution is 2.32. The molecule has 0 spiro atoms. The molecule has 176 valence electrons. The number of ether oxygens (including phenoxy) is 4. The van der Waals surface area contributed by atoms with Crippen molar-refractivity contribution in [2.24, 2.45) is 0 Å². The van der Waals surface area contributed by atoms with Gasteiger partial charge < -0.3 is 18.9 Å². The Morgan fingerprint density at radius 3 is 2.47 bits per heavy atom. The average Bonchev–Trinajstić information content (AvgIpc) is 3.31. The van der Waals surface area contributed by atoms with Gasteiger partial charge in [0.15, 0.2) is 23.9 Å². The normalized spacial score (nSPS) is 12.1. The zero-order chi connectivity index (χ0) is 24.1. The van der Waals surface area contributed by atoms with Crippen molar-refractivity contribution in [3.63, 3.8) is 0 Å². The van der Waals surface area contributed by atoms with E-state index in [1.165, 1.54) is 30.3 Å². The molecule has 4 rings (SSSR count). The lowest BCUT2D eigenvalue weighted by Crippen LogP contribution is -2.18. The van der Waals surface area contributed by atoms with Crippen molar-refractivity contribution in [2.75, 3.05) is 24.7 Å². The predicted molar refractivity (Wildman–Crippen MR) is 122 cm³/mol. The van der Waals surface area contributed by atoms with Crippen molar-refractivity contribution in [1.29, 1.82) is 0 Å². The van der Waals surface area contributed by atoms with Crippen LogP contribution in [-0.4, -0.2) is 40.2 Å². The minimum atomic E-state index is -3.99. The summed E-state index contributed by atoms with van der Waals surface area (Å²) >= 11 is 0. The fourth-order valence-corrected chi connectivity index (χ4v) is 4.28. The summed E-state index contributed by atoms with van der Waals surface area (Å²) in [5, 5.41) is 0. The molecule has 3 aromatic rings. The Labute approximate surface area is 196 Å². The number of hydrogen-bond acceptors (Lipinski definition) is 8. The van der Waals surface area contributed by atoms with Crippen molar-refractivity contribution in [2.45, 2.75) is 11.8 Å². The van der Waals surface area contributed by atoms with Crippen LogP contribution in [0.1, 0.15) is 27.6 Å². The van der Waals surface area contributed by atoms with Crippen LogP contribution in [0.25, 0.3) is 0 Å². The van der Waals surface area contributed by atoms with Crippen LogP contribution in [-0.2, 0) is 14.8 Å². The van der Waals surface area contributed by atoms with Gasteiger partial charge in [-0.05, 0) is 61.5 Å². The molecule has 0 saturated carbocycles. The average molecular weight is 483 g/mol. The number of carbonyl (C=O) groups excluding carboxylic acids is 2. The Bertz CT molecular complexity index is 1320. The largest absolute Gasteiger partial charge is 0.494 e. The molecule has 3 aromatic carbocycles. The third-order valence-electron chi connectivity index (χ3n) is 4.87. The highest BCUT2D eigenvalue weighted by atomic mass is 32.2. The third kappa shape index (κ3) is 5.12. The molecule has 0 fully saturated rings. The second kappa shape index (κ2) is 9.84. The van der Waals surface area contributed by atoms with Crippen LogP contribution < -0.4 is 18.9 Å². The molecule has 0 bridgehead atoms. The van der Waals surface area contributed by atoms with Gasteiger partial charge in [0.25, 0.3) is 10.0 Å². The van der Waals surface area contributed by atoms with E-state index in [-0.39, 0.29) is 22.9 Å². The molecule has 1 aliphatic heterocycles. The maximum Gasteiger partial charge on any atom is 0.340 e. The number of nitrogens with one attached hydrogen (secondary N) is 1. The number of esters is 1. The molecular weight excluding hydrogens is 462 g/mol. The Morgan fingerprint density at radius 2 is 1.71 bits per heavy atom. The third-order valence-corrected chi connectivity index (χ3v) is 6.25. The fraction of sp³-hybridized carbons (Fsp3) is 0.167. The number of sulfonamides is 1. The first-order valence-corrected chi connectivity index (χ1v) is 11.8. The number of fused-ring (bicyclic) bond motifs is 1. The second-order valence-corrected chi connectivity index (χ2v) is 8.81. The molecule has 0 unspecified atom stereocenters. The monoisotopic (exact) mass is 483 g/mol. The van der Waals surface area contributed by atoms with Crippen LogP contribution in [0.15, 0.2) is 71.6 Å². The van der Waals surface area contributed by atoms with Gasteiger partial charge in [-0.2, -0.15) is 0 Å². The highest BCUT2D eigenvalue weighted by molar-refractivity contribution is 7.92. The molecule has 9 nitrogen and oxygen atoms in total. The van der Waals surface area contributed by atoms with E-state index in [9.17, 15) is 18.0 Å². The van der Waals surface area contributed by atoms with Crippen molar-refractivity contribution < 1.29 is 37.0 Å². The summed E-state index contributed by atoms with van der Waals surface area (Å²) in [6, 6.07) is 16.5. The van der Waals surface area contributed by atoms with Crippen LogP contribution in [0, 0.1) is 0 Å². The van der Waals surface area contributed by atoms with Gasteiger partial charge in [0.1, 0.15) is 5.75 Å². The van der Waals surface area contributed by atoms with Gasteiger partial charge in [-0.25, -0.2) is 13.2 Å². The van der Waals surface area contributed by atoms with Crippen molar-refractivity contribution in [3.05, 3.63) is 77.9 Å². The van der Waals surface area contributed by atoms with E-state index in [2.05, 4.69) is 4.72 Å². The van der Waals surface area contributed by atoms with Gasteiger partial charge in [-0.15, -0.1) is 0 Å². The van der Waals surface area contributed by atoms with E-state index in [0.717, 1.165) is 0 Å². The molecule has 0 saturated heterocycles. The maximum absolute atomic E-state index is 12.8. The number of benzene rings is 3. The number of hydrogen-bond donors (Lipinski definition) is 1. The summed E-state index contributed by atoms with van der Waals surface area (Å²) in [6.07, 6.45) is 0. The summed E-state index contributed by atoms with van der Waals surface area (Å²) in [5.74, 6) is 0.212. The molecule has 1 aliphatic rings. The smallest absolute Gasteiger partial charge is 0.340 e. The molecule has 0 amide bonds. The molecule has 1 heterocycles. The minimum Gasteiger partial charge on any atom is -0.494 e. The SMILES string of the molecule is CCOc1ccc(S(=O)(=O)Nc2ccccc2C(=O)OCC(=O)c2ccc3c(c2)OCO3)cc1. The molecular formula is C24H21NO8S. The van der Waals surface area contributed by atoms with Gasteiger partial charge in [0.2, 0.25) is 6.79 Å². The summed E-state index contributed by atoms with van der Waals surface area (Å²) in [4.78, 5) is 25.1. The summed E-state index contributed by atoms with van der Waals surface area (Å²) in [6.45, 7) is 1.83. The standard InChI is InChI=1S/C24H21NO8S/c1-2-30-17-8-10-18(11-9-17)34(28,29)25-20-6-4-3-5-19(20)24(27)31-14-21(26)16-7-12-22-23(13-16)33-15-32-22/h3-13,25H,2,14-15H2,1H3. The van der Waals surface area contributed by atoms with Gasteiger partial charge in [-0.1, -0.05) is 12.1 Å².